The Morgan fingerprint density at radius 3 is 2.27 bits per heavy atom. The molecule has 0 aliphatic carbocycles. The van der Waals surface area contributed by atoms with Crippen molar-refractivity contribution >= 4 is 35.1 Å². The molecule has 274 valence electrons. The van der Waals surface area contributed by atoms with Crippen molar-refractivity contribution in [2.45, 2.75) is 50.5 Å². The molecule has 1 aromatic heterocycles. The third kappa shape index (κ3) is 8.95. The Balaban J connectivity index is 1.13. The third-order valence-electron chi connectivity index (χ3n) is 9.70. The zero-order valence-corrected chi connectivity index (χ0v) is 30.4. The summed E-state index contributed by atoms with van der Waals surface area (Å²) in [5.41, 5.74) is 2.79. The van der Waals surface area contributed by atoms with Crippen molar-refractivity contribution in [3.63, 3.8) is 0 Å². The Morgan fingerprint density at radius 1 is 0.962 bits per heavy atom. The average Bonchev–Trinajstić information content (AvgIpc) is 3.14. The van der Waals surface area contributed by atoms with Crippen LogP contribution < -0.4 is 19.5 Å². The summed E-state index contributed by atoms with van der Waals surface area (Å²) in [6.07, 6.45) is 3.37. The lowest BCUT2D eigenvalue weighted by Gasteiger charge is -2.44. The van der Waals surface area contributed by atoms with Gasteiger partial charge >= 0.3 is 11.9 Å². The Bertz CT molecular complexity index is 1870. The van der Waals surface area contributed by atoms with E-state index < -0.39 is 29.9 Å². The number of nitrogens with one attached hydrogen (secondary N) is 1. The van der Waals surface area contributed by atoms with E-state index in [-0.39, 0.29) is 41.1 Å². The molecule has 10 nitrogen and oxygen atoms in total. The van der Waals surface area contributed by atoms with E-state index in [1.54, 1.807) is 48.5 Å². The van der Waals surface area contributed by atoms with E-state index in [1.807, 2.05) is 12.1 Å². The largest absolute Gasteiger partial charge is 0.619 e. The summed E-state index contributed by atoms with van der Waals surface area (Å²) in [7, 11) is 3.03. The fourth-order valence-corrected chi connectivity index (χ4v) is 7.44. The van der Waals surface area contributed by atoms with Crippen LogP contribution in [-0.2, 0) is 38.4 Å². The minimum atomic E-state index is -0.995. The number of esters is 2. The standard InChI is InChI=1S/C39H40Cl2FN3O7/c1-49-33-12-11-27(18-35(33)50-2)34(19-29-30(40)21-45(48)22-31(29)41)51-37(46)17-24-7-9-25(10-8-24)20-43-38(28-5-3-4-6-32(28)42)39(47)52-36-23-44-15-13-26(36)14-16-44/h3-12,18,21-22,26,34,36,38,43H,13-17,19-20,23H2,1-2H3/t34?,36-,38?/m0/s1. The van der Waals surface area contributed by atoms with E-state index in [9.17, 15) is 19.2 Å². The highest BCUT2D eigenvalue weighted by Crippen LogP contribution is 2.36. The van der Waals surface area contributed by atoms with E-state index in [0.29, 0.717) is 45.4 Å². The molecule has 4 aromatic rings. The summed E-state index contributed by atoms with van der Waals surface area (Å²) in [5.74, 6) is -0.237. The van der Waals surface area contributed by atoms with Crippen LogP contribution in [0.5, 0.6) is 11.5 Å². The Labute approximate surface area is 311 Å². The molecule has 0 saturated carbocycles. The van der Waals surface area contributed by atoms with Gasteiger partial charge in [0.25, 0.3) is 0 Å². The maximum Gasteiger partial charge on any atom is 0.328 e. The molecule has 0 radical (unpaired) electrons. The van der Waals surface area contributed by atoms with E-state index in [0.717, 1.165) is 31.5 Å². The molecular weight excluding hydrogens is 712 g/mol. The van der Waals surface area contributed by atoms with Crippen molar-refractivity contribution in [3.8, 4) is 11.5 Å². The first-order valence-corrected chi connectivity index (χ1v) is 17.8. The van der Waals surface area contributed by atoms with Crippen LogP contribution in [0.15, 0.2) is 79.1 Å². The number of aromatic nitrogens is 1. The van der Waals surface area contributed by atoms with E-state index >= 15 is 0 Å². The fraction of sp³-hybridized carbons (Fsp3) is 0.359. The number of benzene rings is 3. The third-order valence-corrected chi connectivity index (χ3v) is 10.3. The minimum Gasteiger partial charge on any atom is -0.619 e. The lowest BCUT2D eigenvalue weighted by atomic mass is 9.86. The molecule has 3 aliphatic rings. The molecule has 7 rings (SSSR count). The van der Waals surface area contributed by atoms with Crippen molar-refractivity contribution in [2.75, 3.05) is 33.9 Å². The number of pyridine rings is 1. The lowest BCUT2D eigenvalue weighted by molar-refractivity contribution is -0.605. The summed E-state index contributed by atoms with van der Waals surface area (Å²) in [4.78, 5) is 29.2. The first kappa shape index (κ1) is 37.3. The van der Waals surface area contributed by atoms with Gasteiger partial charge in [0.15, 0.2) is 23.9 Å². The Morgan fingerprint density at radius 2 is 1.63 bits per heavy atom. The molecule has 0 spiro atoms. The van der Waals surface area contributed by atoms with Crippen molar-refractivity contribution < 1.29 is 37.7 Å². The summed E-state index contributed by atoms with van der Waals surface area (Å²) in [5, 5.41) is 15.3. The number of piperidine rings is 3. The van der Waals surface area contributed by atoms with Crippen molar-refractivity contribution in [1.29, 1.82) is 0 Å². The van der Waals surface area contributed by atoms with Crippen molar-refractivity contribution in [3.05, 3.63) is 128 Å². The topological polar surface area (TPSA) is 113 Å². The molecule has 3 aliphatic heterocycles. The second-order valence-electron chi connectivity index (χ2n) is 13.0. The van der Waals surface area contributed by atoms with Gasteiger partial charge in [0.2, 0.25) is 0 Å². The maximum atomic E-state index is 14.9. The molecule has 3 atom stereocenters. The molecule has 2 bridgehead atoms. The fourth-order valence-electron chi connectivity index (χ4n) is 6.84. The van der Waals surface area contributed by atoms with Gasteiger partial charge in [-0.15, -0.1) is 0 Å². The molecule has 0 amide bonds. The van der Waals surface area contributed by atoms with Crippen LogP contribution in [-0.4, -0.2) is 56.8 Å². The highest BCUT2D eigenvalue weighted by Gasteiger charge is 2.38. The van der Waals surface area contributed by atoms with Gasteiger partial charge in [-0.3, -0.25) is 15.0 Å². The zero-order chi connectivity index (χ0) is 36.8. The number of halogens is 3. The summed E-state index contributed by atoms with van der Waals surface area (Å²) in [6, 6.07) is 17.6. The van der Waals surface area contributed by atoms with Gasteiger partial charge < -0.3 is 24.2 Å². The van der Waals surface area contributed by atoms with Gasteiger partial charge in [-0.05, 0) is 66.7 Å². The molecule has 4 heterocycles. The van der Waals surface area contributed by atoms with Crippen LogP contribution in [0.3, 0.4) is 0 Å². The lowest BCUT2D eigenvalue weighted by Crippen LogP contribution is -2.52. The van der Waals surface area contributed by atoms with Gasteiger partial charge in [0.1, 0.15) is 34.1 Å². The normalized spacial score (nSPS) is 19.1. The minimum absolute atomic E-state index is 0.0436. The maximum absolute atomic E-state index is 14.9. The van der Waals surface area contributed by atoms with E-state index in [2.05, 4.69) is 10.2 Å². The van der Waals surface area contributed by atoms with Gasteiger partial charge in [-0.25, -0.2) is 9.18 Å². The Hall–Kier alpha value is -4.42. The van der Waals surface area contributed by atoms with Crippen molar-refractivity contribution in [2.24, 2.45) is 5.92 Å². The SMILES string of the molecule is COc1ccc(C(Cc2c(Cl)c[n+]([O-])cc2Cl)OC(=O)Cc2ccc(CNC(C(=O)O[C@H]3CN4CCC3CC4)c3ccccc3F)cc2)cc1OC. The van der Waals surface area contributed by atoms with E-state index in [4.69, 9.17) is 42.1 Å². The number of nitrogens with zero attached hydrogens (tertiary/aromatic N) is 2. The quantitative estimate of drug-likeness (QED) is 0.0899. The van der Waals surface area contributed by atoms with Crippen LogP contribution >= 0.6 is 23.2 Å². The predicted molar refractivity (Wildman–Crippen MR) is 193 cm³/mol. The van der Waals surface area contributed by atoms with Gasteiger partial charge in [-0.1, -0.05) is 71.7 Å². The first-order valence-electron chi connectivity index (χ1n) is 17.1. The van der Waals surface area contributed by atoms with Crippen LogP contribution in [0.2, 0.25) is 10.0 Å². The highest BCUT2D eigenvalue weighted by molar-refractivity contribution is 6.35. The van der Waals surface area contributed by atoms with Gasteiger partial charge in [0, 0.05) is 30.6 Å². The number of carbonyl (C=O) groups is 2. The second-order valence-corrected chi connectivity index (χ2v) is 13.8. The van der Waals surface area contributed by atoms with Crippen LogP contribution in [0, 0.1) is 16.9 Å². The van der Waals surface area contributed by atoms with Crippen molar-refractivity contribution in [1.82, 2.24) is 10.2 Å². The average molecular weight is 753 g/mol. The molecular formula is C39H40Cl2FN3O7. The van der Waals surface area contributed by atoms with Crippen LogP contribution in [0.1, 0.15) is 52.8 Å². The zero-order valence-electron chi connectivity index (χ0n) is 28.9. The summed E-state index contributed by atoms with van der Waals surface area (Å²) < 4.78 is 38.3. The molecule has 3 fully saturated rings. The molecule has 3 saturated heterocycles. The van der Waals surface area contributed by atoms with Gasteiger partial charge in [0.05, 0.1) is 20.6 Å². The van der Waals surface area contributed by atoms with Crippen LogP contribution in [0.4, 0.5) is 4.39 Å². The number of methoxy groups -OCH3 is 2. The molecule has 52 heavy (non-hydrogen) atoms. The Kier molecular flexibility index (Phi) is 12.2. The summed E-state index contributed by atoms with van der Waals surface area (Å²) in [6.45, 7) is 2.98. The molecule has 2 unspecified atom stereocenters. The number of hydrogen-bond donors (Lipinski definition) is 1. The number of hydrogen-bond acceptors (Lipinski definition) is 9. The van der Waals surface area contributed by atoms with Crippen LogP contribution in [0.25, 0.3) is 0 Å². The number of ether oxygens (including phenoxy) is 4. The highest BCUT2D eigenvalue weighted by atomic mass is 35.5. The predicted octanol–water partition coefficient (Wildman–Crippen LogP) is 6.32. The monoisotopic (exact) mass is 751 g/mol. The molecule has 1 N–H and O–H groups in total. The second kappa shape index (κ2) is 16.9. The number of fused-ring (bicyclic) bond motifs is 3. The summed E-state index contributed by atoms with van der Waals surface area (Å²) >= 11 is 12.7. The first-order chi connectivity index (χ1) is 25.1. The smallest absolute Gasteiger partial charge is 0.328 e. The number of rotatable bonds is 14. The van der Waals surface area contributed by atoms with E-state index in [1.165, 1.54) is 32.7 Å². The number of carbonyl (C=O) groups excluding carboxylic acids is 2. The van der Waals surface area contributed by atoms with Gasteiger partial charge in [-0.2, -0.15) is 4.73 Å². The molecule has 13 heteroatoms. The molecule has 3 aromatic carbocycles.